The van der Waals surface area contributed by atoms with Crippen molar-refractivity contribution in [1.82, 2.24) is 10.5 Å². The average molecular weight is 296 g/mol. The largest absolute Gasteiger partial charge is 0.350 e. The lowest BCUT2D eigenvalue weighted by atomic mass is 10.1. The highest BCUT2D eigenvalue weighted by molar-refractivity contribution is 5.92. The van der Waals surface area contributed by atoms with Gasteiger partial charge < -0.3 is 15.6 Å². The first-order valence-corrected chi connectivity index (χ1v) is 6.22. The van der Waals surface area contributed by atoms with Crippen molar-refractivity contribution < 1.29 is 9.32 Å². The van der Waals surface area contributed by atoms with Crippen LogP contribution in [0.5, 0.6) is 0 Å². The van der Waals surface area contributed by atoms with Crippen LogP contribution in [0.25, 0.3) is 11.3 Å². The Morgan fingerprint density at radius 3 is 2.75 bits per heavy atom. The number of rotatable bonds is 5. The number of hydrogen-bond donors (Lipinski definition) is 2. The molecular formula is C14H18ClN3O2. The van der Waals surface area contributed by atoms with Crippen molar-refractivity contribution in [1.29, 1.82) is 0 Å². The predicted molar refractivity (Wildman–Crippen MR) is 79.8 cm³/mol. The second-order valence-corrected chi connectivity index (χ2v) is 4.46. The molecule has 0 fully saturated rings. The number of nitrogens with two attached hydrogens (primary N) is 1. The summed E-state index contributed by atoms with van der Waals surface area (Å²) in [5.41, 5.74) is 7.18. The van der Waals surface area contributed by atoms with Gasteiger partial charge in [0.1, 0.15) is 5.69 Å². The van der Waals surface area contributed by atoms with Gasteiger partial charge in [-0.15, -0.1) is 12.4 Å². The van der Waals surface area contributed by atoms with Gasteiger partial charge in [-0.25, -0.2) is 0 Å². The van der Waals surface area contributed by atoms with E-state index in [2.05, 4.69) is 10.5 Å². The van der Waals surface area contributed by atoms with Gasteiger partial charge in [-0.3, -0.25) is 4.79 Å². The summed E-state index contributed by atoms with van der Waals surface area (Å²) in [7, 11) is 0. The van der Waals surface area contributed by atoms with Gasteiger partial charge in [0.05, 0.1) is 0 Å². The third-order valence-electron chi connectivity index (χ3n) is 2.69. The van der Waals surface area contributed by atoms with Gasteiger partial charge in [-0.1, -0.05) is 35.5 Å². The van der Waals surface area contributed by atoms with E-state index in [0.717, 1.165) is 12.0 Å². The number of amides is 1. The molecule has 1 aromatic heterocycles. The number of benzene rings is 1. The number of halogens is 1. The number of hydrogen-bond acceptors (Lipinski definition) is 4. The van der Waals surface area contributed by atoms with Crippen LogP contribution >= 0.6 is 12.4 Å². The molecule has 1 atom stereocenters. The van der Waals surface area contributed by atoms with Crippen molar-refractivity contribution in [3.05, 3.63) is 42.2 Å². The lowest BCUT2D eigenvalue weighted by Crippen LogP contribution is -2.28. The minimum absolute atomic E-state index is 0. The van der Waals surface area contributed by atoms with Crippen LogP contribution in [-0.4, -0.2) is 23.7 Å². The van der Waals surface area contributed by atoms with Gasteiger partial charge in [0.15, 0.2) is 0 Å². The van der Waals surface area contributed by atoms with Crippen molar-refractivity contribution in [3.8, 4) is 11.3 Å². The fourth-order valence-corrected chi connectivity index (χ4v) is 1.63. The normalized spacial score (nSPS) is 11.5. The molecule has 5 nitrogen and oxygen atoms in total. The highest BCUT2D eigenvalue weighted by Crippen LogP contribution is 2.18. The summed E-state index contributed by atoms with van der Waals surface area (Å²) < 4.78 is 5.05. The molecule has 0 spiro atoms. The van der Waals surface area contributed by atoms with Crippen LogP contribution in [0.3, 0.4) is 0 Å². The molecule has 2 aromatic rings. The van der Waals surface area contributed by atoms with Crippen molar-refractivity contribution in [2.24, 2.45) is 5.73 Å². The maximum absolute atomic E-state index is 11.8. The molecule has 0 aliphatic carbocycles. The first-order chi connectivity index (χ1) is 9.16. The summed E-state index contributed by atoms with van der Waals surface area (Å²) in [5, 5.41) is 6.63. The van der Waals surface area contributed by atoms with Crippen molar-refractivity contribution in [3.63, 3.8) is 0 Å². The van der Waals surface area contributed by atoms with Crippen molar-refractivity contribution in [2.45, 2.75) is 19.4 Å². The molecule has 0 saturated heterocycles. The Morgan fingerprint density at radius 1 is 1.40 bits per heavy atom. The van der Waals surface area contributed by atoms with Crippen LogP contribution in [0, 0.1) is 0 Å². The summed E-state index contributed by atoms with van der Waals surface area (Å²) in [6.07, 6.45) is 0.728. The molecule has 1 unspecified atom stereocenters. The Labute approximate surface area is 123 Å². The van der Waals surface area contributed by atoms with Crippen LogP contribution in [0.2, 0.25) is 0 Å². The number of nitrogens with one attached hydrogen (secondary N) is 1. The Kier molecular flexibility index (Phi) is 6.21. The molecule has 1 amide bonds. The number of aromatic nitrogens is 1. The molecule has 0 radical (unpaired) electrons. The Balaban J connectivity index is 0.00000200. The first kappa shape index (κ1) is 16.2. The minimum atomic E-state index is -0.268. The highest BCUT2D eigenvalue weighted by atomic mass is 35.5. The van der Waals surface area contributed by atoms with E-state index < -0.39 is 0 Å². The topological polar surface area (TPSA) is 81.1 Å². The summed E-state index contributed by atoms with van der Waals surface area (Å²) in [5.74, 6) is -0.0566. The molecule has 0 aliphatic rings. The second-order valence-electron chi connectivity index (χ2n) is 4.46. The van der Waals surface area contributed by atoms with Crippen LogP contribution in [0.1, 0.15) is 23.9 Å². The van der Waals surface area contributed by atoms with E-state index in [1.54, 1.807) is 6.07 Å². The van der Waals surface area contributed by atoms with E-state index in [1.807, 2.05) is 37.3 Å². The third kappa shape index (κ3) is 4.36. The zero-order valence-corrected chi connectivity index (χ0v) is 12.0. The van der Waals surface area contributed by atoms with Gasteiger partial charge >= 0.3 is 0 Å². The van der Waals surface area contributed by atoms with E-state index in [0.29, 0.717) is 12.2 Å². The van der Waals surface area contributed by atoms with Gasteiger partial charge in [0.25, 0.3) is 5.91 Å². The van der Waals surface area contributed by atoms with E-state index in [1.165, 1.54) is 0 Å². The SMILES string of the molecule is CC(N)CCNC(=O)c1cc(-c2ccccc2)no1.Cl. The van der Waals surface area contributed by atoms with Crippen LogP contribution in [0.15, 0.2) is 40.9 Å². The molecule has 1 heterocycles. The molecule has 3 N–H and O–H groups in total. The summed E-state index contributed by atoms with van der Waals surface area (Å²) >= 11 is 0. The summed E-state index contributed by atoms with van der Waals surface area (Å²) in [6.45, 7) is 2.42. The fraction of sp³-hybridized carbons (Fsp3) is 0.286. The summed E-state index contributed by atoms with van der Waals surface area (Å²) in [4.78, 5) is 11.8. The second kappa shape index (κ2) is 7.67. The lowest BCUT2D eigenvalue weighted by Gasteiger charge is -2.04. The standard InChI is InChI=1S/C14H17N3O2.ClH/c1-10(15)7-8-16-14(18)13-9-12(17-19-13)11-5-3-2-4-6-11;/h2-6,9-10H,7-8,15H2,1H3,(H,16,18);1H. The molecule has 20 heavy (non-hydrogen) atoms. The minimum Gasteiger partial charge on any atom is -0.350 e. The fourth-order valence-electron chi connectivity index (χ4n) is 1.63. The summed E-state index contributed by atoms with van der Waals surface area (Å²) in [6, 6.07) is 11.3. The Morgan fingerprint density at radius 2 is 2.10 bits per heavy atom. The maximum atomic E-state index is 11.8. The van der Waals surface area contributed by atoms with Gasteiger partial charge in [0, 0.05) is 24.2 Å². The molecule has 0 aliphatic heterocycles. The molecule has 0 saturated carbocycles. The van der Waals surface area contributed by atoms with Gasteiger partial charge in [-0.2, -0.15) is 0 Å². The van der Waals surface area contributed by atoms with E-state index in [4.69, 9.17) is 10.3 Å². The Hall–Kier alpha value is -1.85. The third-order valence-corrected chi connectivity index (χ3v) is 2.69. The maximum Gasteiger partial charge on any atom is 0.289 e. The smallest absolute Gasteiger partial charge is 0.289 e. The Bertz CT molecular complexity index is 540. The van der Waals surface area contributed by atoms with Crippen molar-refractivity contribution >= 4 is 18.3 Å². The van der Waals surface area contributed by atoms with E-state index in [-0.39, 0.29) is 30.1 Å². The lowest BCUT2D eigenvalue weighted by molar-refractivity contribution is 0.0916. The molecule has 108 valence electrons. The van der Waals surface area contributed by atoms with Crippen molar-refractivity contribution in [2.75, 3.05) is 6.54 Å². The highest BCUT2D eigenvalue weighted by Gasteiger charge is 2.13. The zero-order valence-electron chi connectivity index (χ0n) is 11.2. The molecule has 2 rings (SSSR count). The monoisotopic (exact) mass is 295 g/mol. The van der Waals surface area contributed by atoms with E-state index in [9.17, 15) is 4.79 Å². The van der Waals surface area contributed by atoms with Crippen LogP contribution in [-0.2, 0) is 0 Å². The van der Waals surface area contributed by atoms with E-state index >= 15 is 0 Å². The average Bonchev–Trinajstić information content (AvgIpc) is 2.89. The van der Waals surface area contributed by atoms with Crippen LogP contribution in [0.4, 0.5) is 0 Å². The molecule has 0 bridgehead atoms. The molecule has 1 aromatic carbocycles. The number of carbonyl (C=O) groups is 1. The predicted octanol–water partition coefficient (Wildman–Crippen LogP) is 2.23. The zero-order chi connectivity index (χ0) is 13.7. The molecular weight excluding hydrogens is 278 g/mol. The first-order valence-electron chi connectivity index (χ1n) is 6.22. The number of carbonyl (C=O) groups excluding carboxylic acids is 1. The molecule has 6 heteroatoms. The van der Waals surface area contributed by atoms with Gasteiger partial charge in [-0.05, 0) is 13.3 Å². The van der Waals surface area contributed by atoms with Gasteiger partial charge in [0.2, 0.25) is 5.76 Å². The quantitative estimate of drug-likeness (QED) is 0.886. The van der Waals surface area contributed by atoms with Crippen LogP contribution < -0.4 is 11.1 Å². The number of nitrogens with zero attached hydrogens (tertiary/aromatic N) is 1.